The zero-order valence-electron chi connectivity index (χ0n) is 76.2. The Hall–Kier alpha value is -17.3. The zero-order chi connectivity index (χ0) is 92.7. The molecule has 21 aromatic carbocycles. The van der Waals surface area contributed by atoms with E-state index in [9.17, 15) is 0 Å². The van der Waals surface area contributed by atoms with E-state index in [2.05, 4.69) is 499 Å². The lowest BCUT2D eigenvalue weighted by atomic mass is 9.94. The minimum absolute atomic E-state index is 0.253. The highest BCUT2D eigenvalue weighted by molar-refractivity contribution is 8.00. The van der Waals surface area contributed by atoms with Gasteiger partial charge in [0.05, 0.1) is 42.8 Å². The molecule has 2 aliphatic rings. The molecule has 662 valence electrons. The lowest BCUT2D eigenvalue weighted by molar-refractivity contribution is 0.669. The van der Waals surface area contributed by atoms with E-state index < -0.39 is 0 Å². The number of nitrogens with zero attached hydrogens (tertiary/aromatic N) is 3. The van der Waals surface area contributed by atoms with E-state index in [0.29, 0.717) is 5.25 Å². The van der Waals surface area contributed by atoms with Crippen molar-refractivity contribution in [1.82, 2.24) is 9.13 Å². The van der Waals surface area contributed by atoms with Gasteiger partial charge in [0.25, 0.3) is 0 Å². The van der Waals surface area contributed by atoms with Crippen molar-refractivity contribution in [3.05, 3.63) is 503 Å². The van der Waals surface area contributed by atoms with Crippen LogP contribution in [0, 0.1) is 0 Å². The van der Waals surface area contributed by atoms with Crippen molar-refractivity contribution in [3.63, 3.8) is 0 Å². The first-order valence-electron chi connectivity index (χ1n) is 48.0. The summed E-state index contributed by atoms with van der Waals surface area (Å²) in [6.07, 6.45) is 0. The topological polar surface area (TPSA) is 52.5 Å². The van der Waals surface area contributed by atoms with Gasteiger partial charge in [-0.25, -0.2) is 0 Å². The van der Waals surface area contributed by atoms with Crippen molar-refractivity contribution >= 4 is 174 Å². The first-order valence-corrected chi connectivity index (χ1v) is 50.5. The number of rotatable bonds is 12. The van der Waals surface area contributed by atoms with Crippen LogP contribution in [-0.4, -0.2) is 9.13 Å². The summed E-state index contributed by atoms with van der Waals surface area (Å²) in [6, 6.07) is 177. The highest BCUT2D eigenvalue weighted by Gasteiger charge is 2.46. The van der Waals surface area contributed by atoms with Gasteiger partial charge in [-0.3, -0.25) is 0 Å². The number of thioether (sulfide) groups is 1. The average molecular weight is 1860 g/mol. The monoisotopic (exact) mass is 1850 g/mol. The molecule has 9 heteroatoms. The van der Waals surface area contributed by atoms with Crippen molar-refractivity contribution < 1.29 is 13.3 Å². The summed E-state index contributed by atoms with van der Waals surface area (Å²) in [5, 5.41) is 12.4. The van der Waals surface area contributed by atoms with Crippen molar-refractivity contribution in [3.8, 4) is 112 Å². The van der Waals surface area contributed by atoms with E-state index in [4.69, 9.17) is 13.3 Å². The van der Waals surface area contributed by atoms with Gasteiger partial charge in [-0.1, -0.05) is 340 Å². The highest BCUT2D eigenvalue weighted by Crippen LogP contribution is 2.65. The van der Waals surface area contributed by atoms with Gasteiger partial charge >= 0.3 is 0 Å². The SMILES string of the molecule is c1ccc(-c2ccc3c(c2)oc2cc(-c4cccc(-c5ccc6sc7c8ccccc8n(-c8ccccc8)c7c6c5)c4)ccc23)cc1.c1ccc(-c2ccc3oc4c(-c5cccc(-c6ccc7c(c6)C6C(S7)c7ccccc7N6c6ccccc6)c5)cccc4c3c2)cc1.c1ccc(-c2cccc3c2oc2cccc(-c4cccc(-c5ccc6sc7c8ccccc8n(-c8ccccc8)c7c6c5)c4)c23)cc1. The van der Waals surface area contributed by atoms with Crippen LogP contribution in [0.5, 0.6) is 0 Å². The van der Waals surface area contributed by atoms with Crippen molar-refractivity contribution in [2.75, 3.05) is 4.90 Å². The second-order valence-electron chi connectivity index (χ2n) is 36.7. The smallest absolute Gasteiger partial charge is 0.143 e. The average Bonchev–Trinajstić information content (AvgIpc) is 1.56. The fourth-order valence-corrected chi connectivity index (χ4v) is 25.9. The van der Waals surface area contributed by atoms with Gasteiger partial charge < -0.3 is 27.3 Å². The molecule has 28 aromatic rings. The van der Waals surface area contributed by atoms with E-state index >= 15 is 0 Å². The molecule has 0 saturated carbocycles. The number of aromatic nitrogens is 2. The molecule has 0 fully saturated rings. The number of fused-ring (bicyclic) bond motifs is 24. The van der Waals surface area contributed by atoms with E-state index in [1.54, 1.807) is 0 Å². The Labute approximate surface area is 825 Å². The molecule has 2 atom stereocenters. The summed E-state index contributed by atoms with van der Waals surface area (Å²) in [5.74, 6) is 0. The number of hydrogen-bond acceptors (Lipinski definition) is 7. The van der Waals surface area contributed by atoms with Gasteiger partial charge in [0, 0.05) is 102 Å². The predicted octanol–water partition coefficient (Wildman–Crippen LogP) is 38.4. The number of para-hydroxylation sites is 8. The first-order chi connectivity index (χ1) is 69.9. The van der Waals surface area contributed by atoms with E-state index in [-0.39, 0.29) is 6.04 Å². The van der Waals surface area contributed by atoms with Crippen LogP contribution in [0.3, 0.4) is 0 Å². The Kier molecular flexibility index (Phi) is 19.7. The molecule has 0 saturated heterocycles. The highest BCUT2D eigenvalue weighted by atomic mass is 32.2. The molecule has 6 nitrogen and oxygen atoms in total. The van der Waals surface area contributed by atoms with Crippen LogP contribution in [0.1, 0.15) is 22.4 Å². The molecule has 2 aliphatic heterocycles. The summed E-state index contributed by atoms with van der Waals surface area (Å²) in [7, 11) is 0. The minimum Gasteiger partial charge on any atom is -0.456 e. The van der Waals surface area contributed by atoms with E-state index in [0.717, 1.165) is 99.2 Å². The summed E-state index contributed by atoms with van der Waals surface area (Å²) in [6.45, 7) is 0. The molecule has 0 aliphatic carbocycles. The van der Waals surface area contributed by atoms with Gasteiger partial charge in [-0.05, 0) is 252 Å². The Morgan fingerprint density at radius 2 is 0.603 bits per heavy atom. The number of thiophene rings is 2. The fraction of sp³-hybridized carbons (Fsp3) is 0.0152. The number of hydrogen-bond donors (Lipinski definition) is 0. The van der Waals surface area contributed by atoms with Crippen LogP contribution in [-0.2, 0) is 0 Å². The third-order valence-corrected chi connectivity index (χ3v) is 32.4. The van der Waals surface area contributed by atoms with Crippen LogP contribution >= 0.6 is 34.4 Å². The Morgan fingerprint density at radius 3 is 1.19 bits per heavy atom. The summed E-state index contributed by atoms with van der Waals surface area (Å²) < 4.78 is 29.7. The second-order valence-corrected chi connectivity index (χ2v) is 40.0. The molecule has 0 spiro atoms. The first kappa shape index (κ1) is 82.0. The maximum Gasteiger partial charge on any atom is 0.143 e. The summed E-state index contributed by atoms with van der Waals surface area (Å²) >= 11 is 5.76. The largest absolute Gasteiger partial charge is 0.456 e. The Morgan fingerprint density at radius 1 is 0.213 bits per heavy atom. The summed E-state index contributed by atoms with van der Waals surface area (Å²) in [4.78, 5) is 3.92. The fourth-order valence-electron chi connectivity index (χ4n) is 22.1. The third-order valence-electron chi connectivity index (χ3n) is 28.6. The molecule has 7 aromatic heterocycles. The summed E-state index contributed by atoms with van der Waals surface area (Å²) in [5.41, 5.74) is 39.5. The number of furan rings is 3. The van der Waals surface area contributed by atoms with Gasteiger partial charge in [-0.2, -0.15) is 0 Å². The van der Waals surface area contributed by atoms with E-state index in [1.807, 2.05) is 40.5 Å². The van der Waals surface area contributed by atoms with Crippen LogP contribution in [0.4, 0.5) is 11.4 Å². The molecule has 30 rings (SSSR count). The molecule has 2 unspecified atom stereocenters. The van der Waals surface area contributed by atoms with Crippen LogP contribution < -0.4 is 4.90 Å². The van der Waals surface area contributed by atoms with Gasteiger partial charge in [0.2, 0.25) is 0 Å². The van der Waals surface area contributed by atoms with Gasteiger partial charge in [0.1, 0.15) is 33.5 Å². The van der Waals surface area contributed by atoms with E-state index in [1.165, 1.54) is 168 Å². The van der Waals surface area contributed by atoms with Gasteiger partial charge in [0.15, 0.2) is 0 Å². The van der Waals surface area contributed by atoms with Crippen molar-refractivity contribution in [1.29, 1.82) is 0 Å². The van der Waals surface area contributed by atoms with Crippen molar-refractivity contribution in [2.45, 2.75) is 16.2 Å². The molecular formula is C132H83N3O3S3. The molecule has 0 radical (unpaired) electrons. The lowest BCUT2D eigenvalue weighted by Gasteiger charge is -2.28. The number of benzene rings is 21. The second kappa shape index (κ2) is 33.8. The molecule has 141 heavy (non-hydrogen) atoms. The molecule has 9 heterocycles. The zero-order valence-corrected chi connectivity index (χ0v) is 78.7. The number of anilines is 2. The van der Waals surface area contributed by atoms with Crippen molar-refractivity contribution in [2.24, 2.45) is 0 Å². The van der Waals surface area contributed by atoms with Gasteiger partial charge in [-0.15, -0.1) is 34.4 Å². The minimum atomic E-state index is 0.253. The molecule has 0 N–H and O–H groups in total. The van der Waals surface area contributed by atoms with Crippen LogP contribution in [0.15, 0.2) is 510 Å². The normalized spacial score (nSPS) is 13.3. The predicted molar refractivity (Wildman–Crippen MR) is 596 cm³/mol. The Balaban J connectivity index is 0.000000104. The maximum absolute atomic E-state index is 6.57. The molecule has 0 bridgehead atoms. The van der Waals surface area contributed by atoms with Crippen LogP contribution in [0.2, 0.25) is 0 Å². The molecular weight excluding hydrogens is 1770 g/mol. The van der Waals surface area contributed by atoms with Crippen LogP contribution in [0.25, 0.3) is 240 Å². The lowest BCUT2D eigenvalue weighted by Crippen LogP contribution is -2.19. The quantitative estimate of drug-likeness (QED) is 0.122. The maximum atomic E-state index is 6.57. The third kappa shape index (κ3) is 14.0. The standard InChI is InChI=1S/C44H27NOS.C44H29NOS.C44H27NOS/c1-3-12-28(13-4-1)34-20-10-21-36-41-33(19-11-23-39(41)46-43(34)36)31-15-9-14-29(26-31)30-24-25-40-37(27-30)42-44(47-40)35-18-7-8-22-38(35)45(42)32-16-5-2-6-17-32;1-3-11-28(12-4-1)30-21-23-40-37(26-30)35-19-10-18-34(43(35)46-40)32-14-9-13-29(25-32)31-22-24-41-38(27-31)42-44(47-41)36-17-7-8-20-39(36)45(42)33-15-5-2-6-16-33;1-3-10-28(11-4-1)32-18-21-35-36-22-19-33(27-41(36)46-40(35)26-32)30-13-9-12-29(24-30)31-20-23-42-38(25-31)43-44(47-42)37-16-7-8-17-39(37)45(43)34-14-5-2-6-15-34/h1-27H;1-27,42,44H;1-27H. The molecule has 0 amide bonds. The Bertz CT molecular complexity index is 9810.